The molecule has 0 atom stereocenters. The largest absolute Gasteiger partial charge is 0.495 e. The summed E-state index contributed by atoms with van der Waals surface area (Å²) >= 11 is 4.85. The maximum absolute atomic E-state index is 12.6. The van der Waals surface area contributed by atoms with Crippen LogP contribution in [-0.4, -0.2) is 33.6 Å². The van der Waals surface area contributed by atoms with E-state index >= 15 is 0 Å². The van der Waals surface area contributed by atoms with Gasteiger partial charge in [-0.05, 0) is 42.5 Å². The number of carbonyl (C=O) groups excluding carboxylic acids is 1. The Kier molecular flexibility index (Phi) is 6.36. The van der Waals surface area contributed by atoms with E-state index in [4.69, 9.17) is 17.0 Å². The van der Waals surface area contributed by atoms with Gasteiger partial charge in [-0.3, -0.25) is 20.4 Å². The zero-order valence-corrected chi connectivity index (χ0v) is 15.7. The number of sulfonamides is 1. The number of amides is 1. The van der Waals surface area contributed by atoms with Crippen LogP contribution < -0.4 is 25.6 Å². The van der Waals surface area contributed by atoms with Crippen LogP contribution in [0, 0.1) is 0 Å². The van der Waals surface area contributed by atoms with Crippen molar-refractivity contribution < 1.29 is 17.9 Å². The normalized spacial score (nSPS) is 10.5. The van der Waals surface area contributed by atoms with Crippen molar-refractivity contribution in [1.29, 1.82) is 0 Å². The van der Waals surface area contributed by atoms with E-state index in [1.54, 1.807) is 31.3 Å². The summed E-state index contributed by atoms with van der Waals surface area (Å²) in [6.07, 6.45) is 0. The van der Waals surface area contributed by atoms with Crippen LogP contribution in [0.25, 0.3) is 0 Å². The molecule has 0 unspecified atom stereocenters. The van der Waals surface area contributed by atoms with Gasteiger partial charge >= 0.3 is 0 Å². The number of hydrogen-bond acceptors (Lipinski definition) is 5. The Morgan fingerprint density at radius 2 is 1.81 bits per heavy atom. The number of nitrogens with one attached hydrogen (secondary N) is 4. The summed E-state index contributed by atoms with van der Waals surface area (Å²) in [7, 11) is -0.866. The van der Waals surface area contributed by atoms with E-state index in [1.807, 2.05) is 0 Å². The Labute approximate surface area is 157 Å². The van der Waals surface area contributed by atoms with Crippen LogP contribution in [0.3, 0.4) is 0 Å². The highest BCUT2D eigenvalue weighted by atomic mass is 32.2. The van der Waals surface area contributed by atoms with Crippen LogP contribution in [0.15, 0.2) is 53.4 Å². The molecule has 0 radical (unpaired) electrons. The van der Waals surface area contributed by atoms with Crippen LogP contribution >= 0.6 is 12.2 Å². The molecule has 138 valence electrons. The third-order valence-corrected chi connectivity index (χ3v) is 4.94. The lowest BCUT2D eigenvalue weighted by molar-refractivity contribution is 0.0943. The molecule has 4 N–H and O–H groups in total. The Balaban J connectivity index is 2.22. The average Bonchev–Trinajstić information content (AvgIpc) is 2.66. The summed E-state index contributed by atoms with van der Waals surface area (Å²) in [5.41, 5.74) is 5.30. The summed E-state index contributed by atoms with van der Waals surface area (Å²) < 4.78 is 32.8. The Morgan fingerprint density at radius 3 is 2.50 bits per heavy atom. The molecule has 0 aliphatic carbocycles. The van der Waals surface area contributed by atoms with Crippen LogP contribution in [0.4, 0.5) is 5.69 Å². The van der Waals surface area contributed by atoms with E-state index in [0.29, 0.717) is 11.4 Å². The fourth-order valence-electron chi connectivity index (χ4n) is 1.99. The fourth-order valence-corrected chi connectivity index (χ4v) is 3.15. The van der Waals surface area contributed by atoms with Gasteiger partial charge in [-0.2, -0.15) is 0 Å². The summed E-state index contributed by atoms with van der Waals surface area (Å²) in [5, 5.41) is 2.86. The quantitative estimate of drug-likeness (QED) is 0.446. The Morgan fingerprint density at radius 1 is 1.08 bits per heavy atom. The number of benzene rings is 2. The first-order valence-corrected chi connectivity index (χ1v) is 9.30. The smallest absolute Gasteiger partial charge is 0.269 e. The molecule has 26 heavy (non-hydrogen) atoms. The second-order valence-corrected chi connectivity index (χ2v) is 7.08. The monoisotopic (exact) mass is 394 g/mol. The number of methoxy groups -OCH3 is 1. The number of carbonyl (C=O) groups is 1. The first-order chi connectivity index (χ1) is 12.4. The van der Waals surface area contributed by atoms with Gasteiger partial charge in [-0.15, -0.1) is 0 Å². The van der Waals surface area contributed by atoms with Gasteiger partial charge in [0.05, 0.1) is 17.7 Å². The molecule has 0 saturated carbocycles. The van der Waals surface area contributed by atoms with Crippen molar-refractivity contribution in [3.05, 3.63) is 54.1 Å². The standard InChI is InChI=1S/C16H18N4O4S2/c1-17-16(25)19-18-15(21)11-6-5-7-12(10-11)26(22,23)20-13-8-3-4-9-14(13)24-2/h3-10,20H,1-2H3,(H,18,21)(H2,17,19,25). The molecule has 0 heterocycles. The number of para-hydroxylation sites is 2. The third-order valence-electron chi connectivity index (χ3n) is 3.27. The Bertz CT molecular complexity index is 916. The fraction of sp³-hybridized carbons (Fsp3) is 0.125. The first kappa shape index (κ1) is 19.5. The second-order valence-electron chi connectivity index (χ2n) is 4.99. The molecule has 0 bridgehead atoms. The second kappa shape index (κ2) is 8.50. The number of hydrazine groups is 1. The molecule has 2 aromatic carbocycles. The molecule has 0 fully saturated rings. The van der Waals surface area contributed by atoms with Crippen molar-refractivity contribution in [3.8, 4) is 5.75 Å². The van der Waals surface area contributed by atoms with Gasteiger partial charge in [-0.25, -0.2) is 8.42 Å². The lowest BCUT2D eigenvalue weighted by Gasteiger charge is -2.13. The molecule has 0 saturated heterocycles. The predicted molar refractivity (Wildman–Crippen MR) is 103 cm³/mol. The van der Waals surface area contributed by atoms with Gasteiger partial charge in [0.15, 0.2) is 5.11 Å². The molecule has 2 aromatic rings. The summed E-state index contributed by atoms with van der Waals surface area (Å²) in [6, 6.07) is 12.2. The van der Waals surface area contributed by atoms with Gasteiger partial charge in [0.1, 0.15) is 5.75 Å². The van der Waals surface area contributed by atoms with Crippen molar-refractivity contribution in [2.45, 2.75) is 4.90 Å². The minimum absolute atomic E-state index is 0.0627. The van der Waals surface area contributed by atoms with E-state index in [9.17, 15) is 13.2 Å². The van der Waals surface area contributed by atoms with E-state index in [0.717, 1.165) is 0 Å². The molecule has 10 heteroatoms. The molecular formula is C16H18N4O4S2. The first-order valence-electron chi connectivity index (χ1n) is 7.41. The SMILES string of the molecule is CNC(=S)NNC(=O)c1cccc(S(=O)(=O)Nc2ccccc2OC)c1. The van der Waals surface area contributed by atoms with Crippen LogP contribution in [0.5, 0.6) is 5.75 Å². The molecular weight excluding hydrogens is 376 g/mol. The van der Waals surface area contributed by atoms with Crippen LogP contribution in [0.1, 0.15) is 10.4 Å². The zero-order valence-electron chi connectivity index (χ0n) is 14.1. The molecule has 8 nitrogen and oxygen atoms in total. The van der Waals surface area contributed by atoms with Crippen molar-refractivity contribution in [2.75, 3.05) is 18.9 Å². The predicted octanol–water partition coefficient (Wildman–Crippen LogP) is 1.23. The average molecular weight is 394 g/mol. The summed E-state index contributed by atoms with van der Waals surface area (Å²) in [6.45, 7) is 0. The molecule has 2 rings (SSSR count). The third kappa shape index (κ3) is 4.83. The van der Waals surface area contributed by atoms with Gasteiger partial charge in [0, 0.05) is 12.6 Å². The summed E-state index contributed by atoms with van der Waals surface area (Å²) in [4.78, 5) is 12.0. The number of ether oxygens (including phenoxy) is 1. The lowest BCUT2D eigenvalue weighted by atomic mass is 10.2. The van der Waals surface area contributed by atoms with Crippen molar-refractivity contribution >= 4 is 38.9 Å². The van der Waals surface area contributed by atoms with E-state index in [2.05, 4.69) is 20.9 Å². The highest BCUT2D eigenvalue weighted by molar-refractivity contribution is 7.92. The minimum atomic E-state index is -3.91. The topological polar surface area (TPSA) is 109 Å². The van der Waals surface area contributed by atoms with Crippen LogP contribution in [0.2, 0.25) is 0 Å². The summed E-state index contributed by atoms with van der Waals surface area (Å²) in [5.74, 6) is -0.147. The number of anilines is 1. The van der Waals surface area contributed by atoms with Crippen molar-refractivity contribution in [2.24, 2.45) is 0 Å². The molecule has 0 aliphatic heterocycles. The highest BCUT2D eigenvalue weighted by Gasteiger charge is 2.18. The maximum atomic E-state index is 12.6. The molecule has 0 aromatic heterocycles. The molecule has 0 spiro atoms. The molecule has 0 aliphatic rings. The van der Waals surface area contributed by atoms with E-state index in [-0.39, 0.29) is 15.6 Å². The van der Waals surface area contributed by atoms with Gasteiger partial charge in [-0.1, -0.05) is 18.2 Å². The van der Waals surface area contributed by atoms with Crippen molar-refractivity contribution in [1.82, 2.24) is 16.2 Å². The maximum Gasteiger partial charge on any atom is 0.269 e. The van der Waals surface area contributed by atoms with Gasteiger partial charge in [0.25, 0.3) is 15.9 Å². The van der Waals surface area contributed by atoms with E-state index in [1.165, 1.54) is 31.4 Å². The lowest BCUT2D eigenvalue weighted by Crippen LogP contribution is -2.45. The molecule has 1 amide bonds. The van der Waals surface area contributed by atoms with E-state index < -0.39 is 15.9 Å². The minimum Gasteiger partial charge on any atom is -0.495 e. The van der Waals surface area contributed by atoms with Gasteiger partial charge in [0.2, 0.25) is 0 Å². The number of thiocarbonyl (C=S) groups is 1. The van der Waals surface area contributed by atoms with Gasteiger partial charge < -0.3 is 10.1 Å². The number of rotatable bonds is 5. The number of hydrogen-bond donors (Lipinski definition) is 4. The van der Waals surface area contributed by atoms with Crippen LogP contribution in [-0.2, 0) is 10.0 Å². The van der Waals surface area contributed by atoms with Crippen molar-refractivity contribution in [3.63, 3.8) is 0 Å². The highest BCUT2D eigenvalue weighted by Crippen LogP contribution is 2.26. The zero-order chi connectivity index (χ0) is 19.2. The Hall–Kier alpha value is -2.85.